The van der Waals surface area contributed by atoms with Crippen LogP contribution in [-0.2, 0) is 11.2 Å². The van der Waals surface area contributed by atoms with E-state index in [1.54, 1.807) is 12.1 Å². The zero-order valence-electron chi connectivity index (χ0n) is 13.1. The summed E-state index contributed by atoms with van der Waals surface area (Å²) in [6, 6.07) is 9.31. The lowest BCUT2D eigenvalue weighted by atomic mass is 9.93. The van der Waals surface area contributed by atoms with Gasteiger partial charge in [-0.15, -0.1) is 0 Å². The van der Waals surface area contributed by atoms with Crippen LogP contribution in [0.25, 0.3) is 0 Å². The number of nitrogens with zero attached hydrogens (tertiary/aromatic N) is 2. The van der Waals surface area contributed by atoms with Crippen molar-refractivity contribution in [2.75, 3.05) is 19.8 Å². The van der Waals surface area contributed by atoms with Gasteiger partial charge in [0, 0.05) is 18.0 Å². The van der Waals surface area contributed by atoms with E-state index in [1.165, 1.54) is 0 Å². The highest BCUT2D eigenvalue weighted by molar-refractivity contribution is 5.94. The minimum atomic E-state index is -0.345. The molecule has 2 fully saturated rings. The van der Waals surface area contributed by atoms with Crippen LogP contribution in [0.2, 0.25) is 0 Å². The molecule has 0 aromatic heterocycles. The number of hydrogen-bond donors (Lipinski definition) is 1. The maximum Gasteiger partial charge on any atom is 0.254 e. The van der Waals surface area contributed by atoms with Crippen molar-refractivity contribution in [3.05, 3.63) is 35.4 Å². The Kier molecular flexibility index (Phi) is 4.94. The van der Waals surface area contributed by atoms with E-state index in [0.717, 1.165) is 24.8 Å². The summed E-state index contributed by atoms with van der Waals surface area (Å²) < 4.78 is 5.57. The first-order valence-corrected chi connectivity index (χ1v) is 8.23. The largest absolute Gasteiger partial charge is 0.393 e. The fourth-order valence-corrected chi connectivity index (χ4v) is 3.72. The molecular weight excluding hydrogens is 292 g/mol. The fraction of sp³-hybridized carbons (Fsp3) is 0.556. The van der Waals surface area contributed by atoms with Gasteiger partial charge in [0.05, 0.1) is 37.8 Å². The molecule has 1 aliphatic heterocycles. The second-order valence-electron chi connectivity index (χ2n) is 6.34. The molecule has 1 heterocycles. The van der Waals surface area contributed by atoms with Gasteiger partial charge in [-0.25, -0.2) is 0 Å². The van der Waals surface area contributed by atoms with E-state index in [-0.39, 0.29) is 24.0 Å². The van der Waals surface area contributed by atoms with Crippen LogP contribution in [-0.4, -0.2) is 47.8 Å². The quantitative estimate of drug-likeness (QED) is 0.922. The Bertz CT molecular complexity index is 611. The Hall–Kier alpha value is -1.90. The van der Waals surface area contributed by atoms with E-state index in [0.29, 0.717) is 31.7 Å². The van der Waals surface area contributed by atoms with Crippen LogP contribution in [0.3, 0.4) is 0 Å². The van der Waals surface area contributed by atoms with Crippen LogP contribution >= 0.6 is 0 Å². The third kappa shape index (κ3) is 3.39. The Labute approximate surface area is 136 Å². The number of rotatable bonds is 3. The molecule has 0 bridgehead atoms. The lowest BCUT2D eigenvalue weighted by molar-refractivity contribution is -0.0383. The molecule has 23 heavy (non-hydrogen) atoms. The SMILES string of the molecule is N#CCc1cccc(C(=O)N2CCOC[C@@H]2[C@H]2CCC[C@@H]2O)c1. The van der Waals surface area contributed by atoms with Crippen LogP contribution in [0.15, 0.2) is 24.3 Å². The van der Waals surface area contributed by atoms with Gasteiger partial charge < -0.3 is 14.7 Å². The van der Waals surface area contributed by atoms with Crippen molar-refractivity contribution >= 4 is 5.91 Å². The molecule has 1 saturated carbocycles. The molecule has 1 aromatic carbocycles. The van der Waals surface area contributed by atoms with Gasteiger partial charge in [-0.05, 0) is 30.5 Å². The van der Waals surface area contributed by atoms with E-state index < -0.39 is 0 Å². The highest BCUT2D eigenvalue weighted by Gasteiger charge is 2.39. The first kappa shape index (κ1) is 16.0. The monoisotopic (exact) mass is 314 g/mol. The van der Waals surface area contributed by atoms with Crippen molar-refractivity contribution in [3.8, 4) is 6.07 Å². The summed E-state index contributed by atoms with van der Waals surface area (Å²) in [5, 5.41) is 19.0. The van der Waals surface area contributed by atoms with Gasteiger partial charge in [0.1, 0.15) is 0 Å². The minimum Gasteiger partial charge on any atom is -0.393 e. The summed E-state index contributed by atoms with van der Waals surface area (Å²) >= 11 is 0. The highest BCUT2D eigenvalue weighted by atomic mass is 16.5. The first-order chi connectivity index (χ1) is 11.2. The molecule has 5 heteroatoms. The average Bonchev–Trinajstić information content (AvgIpc) is 3.01. The second-order valence-corrected chi connectivity index (χ2v) is 6.34. The first-order valence-electron chi connectivity index (χ1n) is 8.23. The standard InChI is InChI=1S/C18H22N2O3/c19-8-7-13-3-1-4-14(11-13)18(22)20-9-10-23-12-16(20)15-5-2-6-17(15)21/h1,3-4,11,15-17,21H,2,5-7,9-10,12H2/t15-,16-,17+/m1/s1. The maximum atomic E-state index is 12.9. The van der Waals surface area contributed by atoms with Crippen molar-refractivity contribution < 1.29 is 14.6 Å². The molecule has 0 radical (unpaired) electrons. The molecule has 1 saturated heterocycles. The van der Waals surface area contributed by atoms with Crippen LogP contribution in [0.4, 0.5) is 0 Å². The third-order valence-electron chi connectivity index (χ3n) is 4.91. The Morgan fingerprint density at radius 3 is 3.04 bits per heavy atom. The Balaban J connectivity index is 1.81. The maximum absolute atomic E-state index is 12.9. The molecule has 0 unspecified atom stereocenters. The van der Waals surface area contributed by atoms with Crippen molar-refractivity contribution in [3.63, 3.8) is 0 Å². The van der Waals surface area contributed by atoms with Gasteiger partial charge in [0.25, 0.3) is 5.91 Å². The zero-order valence-corrected chi connectivity index (χ0v) is 13.1. The van der Waals surface area contributed by atoms with E-state index >= 15 is 0 Å². The number of benzene rings is 1. The van der Waals surface area contributed by atoms with Crippen molar-refractivity contribution in [2.24, 2.45) is 5.92 Å². The molecule has 5 nitrogen and oxygen atoms in total. The van der Waals surface area contributed by atoms with Crippen molar-refractivity contribution in [1.29, 1.82) is 5.26 Å². The minimum absolute atomic E-state index is 0.0304. The van der Waals surface area contributed by atoms with Crippen LogP contribution in [0.1, 0.15) is 35.2 Å². The number of hydrogen-bond acceptors (Lipinski definition) is 4. The molecule has 1 aromatic rings. The number of carbonyl (C=O) groups excluding carboxylic acids is 1. The third-order valence-corrected chi connectivity index (χ3v) is 4.91. The van der Waals surface area contributed by atoms with Crippen LogP contribution in [0.5, 0.6) is 0 Å². The van der Waals surface area contributed by atoms with Crippen LogP contribution < -0.4 is 0 Å². The molecule has 1 N–H and O–H groups in total. The predicted octanol–water partition coefficient (Wildman–Crippen LogP) is 1.75. The number of ether oxygens (including phenoxy) is 1. The molecular formula is C18H22N2O3. The second kappa shape index (κ2) is 7.12. The number of nitriles is 1. The molecule has 122 valence electrons. The normalized spacial score (nSPS) is 27.7. The zero-order chi connectivity index (χ0) is 16.2. The smallest absolute Gasteiger partial charge is 0.254 e. The summed E-state index contributed by atoms with van der Waals surface area (Å²) in [5.41, 5.74) is 1.46. The Morgan fingerprint density at radius 2 is 2.30 bits per heavy atom. The summed E-state index contributed by atoms with van der Waals surface area (Å²) in [6.07, 6.45) is 2.70. The van der Waals surface area contributed by atoms with Crippen molar-refractivity contribution in [1.82, 2.24) is 4.90 Å². The lowest BCUT2D eigenvalue weighted by Gasteiger charge is -2.40. The number of morpholine rings is 1. The lowest BCUT2D eigenvalue weighted by Crippen LogP contribution is -2.53. The average molecular weight is 314 g/mol. The topological polar surface area (TPSA) is 73.6 Å². The van der Waals surface area contributed by atoms with Gasteiger partial charge in [-0.2, -0.15) is 5.26 Å². The van der Waals surface area contributed by atoms with E-state index in [4.69, 9.17) is 10.00 Å². The van der Waals surface area contributed by atoms with E-state index in [2.05, 4.69) is 6.07 Å². The van der Waals surface area contributed by atoms with E-state index in [9.17, 15) is 9.90 Å². The number of aliphatic hydroxyl groups is 1. The summed E-state index contributed by atoms with van der Waals surface area (Å²) in [4.78, 5) is 14.8. The molecule has 1 aliphatic carbocycles. The highest BCUT2D eigenvalue weighted by Crippen LogP contribution is 2.32. The fourth-order valence-electron chi connectivity index (χ4n) is 3.72. The number of carbonyl (C=O) groups is 1. The van der Waals surface area contributed by atoms with Gasteiger partial charge in [0.2, 0.25) is 0 Å². The van der Waals surface area contributed by atoms with Crippen LogP contribution in [0, 0.1) is 17.2 Å². The summed E-state index contributed by atoms with van der Waals surface area (Å²) in [7, 11) is 0. The molecule has 3 rings (SSSR count). The number of aliphatic hydroxyl groups excluding tert-OH is 1. The van der Waals surface area contributed by atoms with Gasteiger partial charge >= 0.3 is 0 Å². The Morgan fingerprint density at radius 1 is 1.43 bits per heavy atom. The molecule has 0 spiro atoms. The van der Waals surface area contributed by atoms with E-state index in [1.807, 2.05) is 17.0 Å². The summed E-state index contributed by atoms with van der Waals surface area (Å²) in [6.45, 7) is 1.57. The number of amides is 1. The van der Waals surface area contributed by atoms with Crippen molar-refractivity contribution in [2.45, 2.75) is 37.8 Å². The van der Waals surface area contributed by atoms with Gasteiger partial charge in [0.15, 0.2) is 0 Å². The molecule has 1 amide bonds. The summed E-state index contributed by atoms with van der Waals surface area (Å²) in [5.74, 6) is 0.0683. The molecule has 2 aliphatic rings. The predicted molar refractivity (Wildman–Crippen MR) is 84.8 cm³/mol. The van der Waals surface area contributed by atoms with Gasteiger partial charge in [-0.3, -0.25) is 4.79 Å². The van der Waals surface area contributed by atoms with Gasteiger partial charge in [-0.1, -0.05) is 18.6 Å². The molecule has 3 atom stereocenters.